The molecule has 0 aromatic heterocycles. The van der Waals surface area contributed by atoms with Gasteiger partial charge in [-0.25, -0.2) is 4.90 Å². The lowest BCUT2D eigenvalue weighted by molar-refractivity contribution is -0.113. The van der Waals surface area contributed by atoms with E-state index in [2.05, 4.69) is 0 Å². The molecule has 1 heterocycles. The van der Waals surface area contributed by atoms with Gasteiger partial charge in [0.2, 0.25) is 0 Å². The van der Waals surface area contributed by atoms with Gasteiger partial charge in [-0.3, -0.25) is 9.59 Å². The Morgan fingerprint density at radius 2 is 1.65 bits per heavy atom. The summed E-state index contributed by atoms with van der Waals surface area (Å²) in [6, 6.07) is 13.6. The molecule has 0 saturated carbocycles. The monoisotopic (exact) mass is 327 g/mol. The summed E-state index contributed by atoms with van der Waals surface area (Å²) in [5.74, 6) is -0.772. The molecule has 0 atom stereocenters. The largest absolute Gasteiger partial charge is 0.501 e. The molecule has 0 aliphatic carbocycles. The second kappa shape index (κ2) is 6.26. The van der Waals surface area contributed by atoms with Crippen molar-refractivity contribution < 1.29 is 14.3 Å². The molecule has 0 N–H and O–H groups in total. The molecule has 116 valence electrons. The lowest BCUT2D eigenvalue weighted by Gasteiger charge is -2.28. The molecule has 3 rings (SSSR count). The number of carbonyl (C=O) groups excluding carboxylic acids is 2. The number of fused-ring (bicyclic) bond motifs is 1. The summed E-state index contributed by atoms with van der Waals surface area (Å²) in [7, 11) is 0. The highest BCUT2D eigenvalue weighted by atomic mass is 35.5. The fourth-order valence-corrected chi connectivity index (χ4v) is 2.58. The lowest BCUT2D eigenvalue weighted by atomic mass is 9.94. The summed E-state index contributed by atoms with van der Waals surface area (Å²) in [5, 5.41) is 0.538. The highest BCUT2D eigenvalue weighted by Gasteiger charge is 2.36. The molecule has 2 aromatic rings. The van der Waals surface area contributed by atoms with Crippen molar-refractivity contribution in [3.05, 3.63) is 70.9 Å². The maximum absolute atomic E-state index is 12.8. The van der Waals surface area contributed by atoms with E-state index < -0.39 is 5.91 Å². The van der Waals surface area contributed by atoms with E-state index in [0.29, 0.717) is 34.0 Å². The molecular formula is C18H14ClNO3. The first-order chi connectivity index (χ1) is 11.1. The minimum atomic E-state index is -0.413. The van der Waals surface area contributed by atoms with Crippen LogP contribution in [0.25, 0.3) is 5.57 Å². The third kappa shape index (κ3) is 2.73. The number of amides is 2. The topological polar surface area (TPSA) is 46.6 Å². The molecule has 4 nitrogen and oxygen atoms in total. The van der Waals surface area contributed by atoms with E-state index in [1.165, 1.54) is 6.26 Å². The van der Waals surface area contributed by atoms with Crippen LogP contribution in [-0.2, 0) is 9.53 Å². The molecule has 23 heavy (non-hydrogen) atoms. The number of ether oxygens (including phenoxy) is 1. The Morgan fingerprint density at radius 3 is 2.30 bits per heavy atom. The number of rotatable bonds is 3. The average molecular weight is 328 g/mol. The van der Waals surface area contributed by atoms with Gasteiger partial charge in [0.25, 0.3) is 11.8 Å². The van der Waals surface area contributed by atoms with E-state index in [4.69, 9.17) is 16.3 Å². The first-order valence-electron chi connectivity index (χ1n) is 7.19. The first kappa shape index (κ1) is 15.3. The van der Waals surface area contributed by atoms with Crippen LogP contribution in [0.4, 0.5) is 5.69 Å². The van der Waals surface area contributed by atoms with Gasteiger partial charge in [-0.15, -0.1) is 0 Å². The molecule has 0 radical (unpaired) electrons. The number of imide groups is 1. The van der Waals surface area contributed by atoms with E-state index in [0.717, 1.165) is 4.90 Å². The molecule has 0 unspecified atom stereocenters. The average Bonchev–Trinajstić information content (AvgIpc) is 2.57. The summed E-state index contributed by atoms with van der Waals surface area (Å²) in [6.07, 6.45) is 1.41. The molecule has 2 aromatic carbocycles. The van der Waals surface area contributed by atoms with Crippen LogP contribution in [0.15, 0.2) is 54.8 Å². The molecule has 0 spiro atoms. The summed E-state index contributed by atoms with van der Waals surface area (Å²) < 4.78 is 5.30. The Balaban J connectivity index is 2.14. The fraction of sp³-hybridized carbons (Fsp3) is 0.111. The number of halogens is 1. The zero-order valence-electron chi connectivity index (χ0n) is 12.5. The van der Waals surface area contributed by atoms with Gasteiger partial charge in [0.1, 0.15) is 0 Å². The Morgan fingerprint density at radius 1 is 1.00 bits per heavy atom. The molecule has 0 bridgehead atoms. The standard InChI is InChI=1S/C18H14ClNO3/c1-2-23-11-16-14-5-3-4-6-15(14)17(21)20(18(16)22)13-9-7-12(19)8-10-13/h3-11H,2H2,1H3/b16-11+. The fourth-order valence-electron chi connectivity index (χ4n) is 2.46. The van der Waals surface area contributed by atoms with Crippen LogP contribution in [0, 0.1) is 0 Å². The van der Waals surface area contributed by atoms with Crippen molar-refractivity contribution in [3.63, 3.8) is 0 Å². The van der Waals surface area contributed by atoms with Crippen LogP contribution in [-0.4, -0.2) is 18.4 Å². The van der Waals surface area contributed by atoms with Crippen LogP contribution < -0.4 is 4.90 Å². The minimum absolute atomic E-state index is 0.358. The van der Waals surface area contributed by atoms with Crippen LogP contribution in [0.2, 0.25) is 5.02 Å². The number of nitrogens with zero attached hydrogens (tertiary/aromatic N) is 1. The van der Waals surface area contributed by atoms with Gasteiger partial charge in [-0.2, -0.15) is 0 Å². The number of benzene rings is 2. The maximum atomic E-state index is 12.8. The van der Waals surface area contributed by atoms with Crippen LogP contribution in [0.3, 0.4) is 0 Å². The predicted molar refractivity (Wildman–Crippen MR) is 89.3 cm³/mol. The predicted octanol–water partition coefficient (Wildman–Crippen LogP) is 3.90. The van der Waals surface area contributed by atoms with Crippen molar-refractivity contribution in [2.45, 2.75) is 6.92 Å². The van der Waals surface area contributed by atoms with Crippen molar-refractivity contribution in [3.8, 4) is 0 Å². The van der Waals surface area contributed by atoms with Gasteiger partial charge in [-0.1, -0.05) is 29.8 Å². The second-order valence-electron chi connectivity index (χ2n) is 4.95. The van der Waals surface area contributed by atoms with Gasteiger partial charge in [0, 0.05) is 16.1 Å². The van der Waals surface area contributed by atoms with Gasteiger partial charge >= 0.3 is 0 Å². The molecule has 2 amide bonds. The number of anilines is 1. The zero-order valence-corrected chi connectivity index (χ0v) is 13.2. The molecule has 0 saturated heterocycles. The second-order valence-corrected chi connectivity index (χ2v) is 5.39. The van der Waals surface area contributed by atoms with Gasteiger partial charge in [-0.05, 0) is 37.3 Å². The number of carbonyl (C=O) groups is 2. The Bertz CT molecular complexity index is 796. The first-order valence-corrected chi connectivity index (χ1v) is 7.56. The zero-order chi connectivity index (χ0) is 16.4. The Hall–Kier alpha value is -2.59. The summed E-state index contributed by atoms with van der Waals surface area (Å²) in [4.78, 5) is 26.7. The third-order valence-corrected chi connectivity index (χ3v) is 3.79. The van der Waals surface area contributed by atoms with Gasteiger partial charge in [0.05, 0.1) is 24.1 Å². The lowest BCUT2D eigenvalue weighted by Crippen LogP contribution is -2.41. The van der Waals surface area contributed by atoms with E-state index in [1.807, 2.05) is 6.92 Å². The Kier molecular flexibility index (Phi) is 4.17. The SMILES string of the molecule is CCO/C=C1/C(=O)N(c2ccc(Cl)cc2)C(=O)c2ccccc21. The quantitative estimate of drug-likeness (QED) is 0.488. The van der Waals surface area contributed by atoms with Crippen molar-refractivity contribution >= 4 is 34.7 Å². The van der Waals surface area contributed by atoms with Crippen LogP contribution >= 0.6 is 11.6 Å². The van der Waals surface area contributed by atoms with Crippen LogP contribution in [0.1, 0.15) is 22.8 Å². The third-order valence-electron chi connectivity index (χ3n) is 3.54. The normalized spacial score (nSPS) is 15.7. The summed E-state index contributed by atoms with van der Waals surface area (Å²) in [6.45, 7) is 2.27. The number of hydrogen-bond acceptors (Lipinski definition) is 3. The van der Waals surface area contributed by atoms with E-state index in [9.17, 15) is 9.59 Å². The molecule has 5 heteroatoms. The van der Waals surface area contributed by atoms with E-state index >= 15 is 0 Å². The molecule has 1 aliphatic heterocycles. The van der Waals surface area contributed by atoms with Crippen molar-refractivity contribution in [1.82, 2.24) is 0 Å². The van der Waals surface area contributed by atoms with Gasteiger partial charge in [0.15, 0.2) is 0 Å². The molecule has 0 fully saturated rings. The molecular weight excluding hydrogens is 314 g/mol. The van der Waals surface area contributed by atoms with Crippen LogP contribution in [0.5, 0.6) is 0 Å². The highest BCUT2D eigenvalue weighted by Crippen LogP contribution is 2.32. The molecule has 1 aliphatic rings. The van der Waals surface area contributed by atoms with Crippen molar-refractivity contribution in [2.24, 2.45) is 0 Å². The minimum Gasteiger partial charge on any atom is -0.501 e. The summed E-state index contributed by atoms with van der Waals surface area (Å²) >= 11 is 5.88. The van der Waals surface area contributed by atoms with E-state index in [-0.39, 0.29) is 5.91 Å². The smallest absolute Gasteiger partial charge is 0.269 e. The van der Waals surface area contributed by atoms with Crippen molar-refractivity contribution in [2.75, 3.05) is 11.5 Å². The number of hydrogen-bond donors (Lipinski definition) is 0. The van der Waals surface area contributed by atoms with Gasteiger partial charge < -0.3 is 4.74 Å². The Labute approximate surface area is 138 Å². The summed E-state index contributed by atoms with van der Waals surface area (Å²) in [5.41, 5.74) is 1.88. The maximum Gasteiger partial charge on any atom is 0.269 e. The van der Waals surface area contributed by atoms with E-state index in [1.54, 1.807) is 48.5 Å². The highest BCUT2D eigenvalue weighted by molar-refractivity contribution is 6.41. The van der Waals surface area contributed by atoms with Crippen molar-refractivity contribution in [1.29, 1.82) is 0 Å².